The van der Waals surface area contributed by atoms with Gasteiger partial charge in [-0.2, -0.15) is 4.98 Å². The van der Waals surface area contributed by atoms with E-state index in [0.29, 0.717) is 28.8 Å². The summed E-state index contributed by atoms with van der Waals surface area (Å²) in [5.74, 6) is 1.15. The first-order chi connectivity index (χ1) is 13.1. The number of hydrogen-bond donors (Lipinski definition) is 2. The van der Waals surface area contributed by atoms with E-state index >= 15 is 0 Å². The van der Waals surface area contributed by atoms with E-state index in [2.05, 4.69) is 20.4 Å². The van der Waals surface area contributed by atoms with Gasteiger partial charge in [0.15, 0.2) is 5.82 Å². The van der Waals surface area contributed by atoms with Crippen LogP contribution in [0.15, 0.2) is 60.1 Å². The number of amides is 1. The largest absolute Gasteiger partial charge is 0.496 e. The molecule has 1 atom stereocenters. The van der Waals surface area contributed by atoms with Crippen LogP contribution >= 0.6 is 0 Å². The maximum absolute atomic E-state index is 12.2. The first-order valence-corrected chi connectivity index (χ1v) is 8.37. The van der Waals surface area contributed by atoms with Crippen molar-refractivity contribution < 1.29 is 9.53 Å². The predicted molar refractivity (Wildman–Crippen MR) is 99.9 cm³/mol. The lowest BCUT2D eigenvalue weighted by Gasteiger charge is -2.27. The maximum atomic E-state index is 12.2. The zero-order chi connectivity index (χ0) is 19.0. The van der Waals surface area contributed by atoms with E-state index in [1.807, 2.05) is 36.4 Å². The van der Waals surface area contributed by atoms with Crippen LogP contribution in [-0.4, -0.2) is 32.8 Å². The molecule has 3 heterocycles. The number of nitrogens with one attached hydrogen (secondary N) is 1. The molecular formula is C19H18N6O2. The van der Waals surface area contributed by atoms with Gasteiger partial charge >= 0.3 is 0 Å². The third-order valence-corrected chi connectivity index (χ3v) is 4.47. The smallest absolute Gasteiger partial charge is 0.248 e. The average molecular weight is 362 g/mol. The van der Waals surface area contributed by atoms with Gasteiger partial charge in [-0.15, -0.1) is 5.10 Å². The van der Waals surface area contributed by atoms with Crippen LogP contribution in [-0.2, 0) is 4.79 Å². The van der Waals surface area contributed by atoms with Crippen molar-refractivity contribution >= 4 is 11.9 Å². The molecule has 0 aliphatic carbocycles. The van der Waals surface area contributed by atoms with E-state index in [0.717, 1.165) is 11.1 Å². The highest BCUT2D eigenvalue weighted by molar-refractivity contribution is 5.95. The number of anilines is 1. The van der Waals surface area contributed by atoms with Crippen LogP contribution in [0.4, 0.5) is 5.95 Å². The van der Waals surface area contributed by atoms with Crippen LogP contribution in [0.2, 0.25) is 0 Å². The topological polar surface area (TPSA) is 108 Å². The van der Waals surface area contributed by atoms with Gasteiger partial charge in [0.05, 0.1) is 18.2 Å². The summed E-state index contributed by atoms with van der Waals surface area (Å²) in [6.07, 6.45) is 3.37. The Balaban J connectivity index is 1.90. The molecule has 3 aromatic rings. The van der Waals surface area contributed by atoms with Crippen LogP contribution in [0, 0.1) is 0 Å². The number of hydrogen-bond acceptors (Lipinski definition) is 6. The molecule has 0 bridgehead atoms. The number of allylic oxidation sites excluding steroid dienone is 1. The third-order valence-electron chi connectivity index (χ3n) is 4.47. The van der Waals surface area contributed by atoms with Crippen LogP contribution in [0.25, 0.3) is 11.4 Å². The fourth-order valence-electron chi connectivity index (χ4n) is 3.26. The van der Waals surface area contributed by atoms with Crippen LogP contribution in [0.5, 0.6) is 5.75 Å². The highest BCUT2D eigenvalue weighted by Gasteiger charge is 2.33. The minimum absolute atomic E-state index is 0.423. The SMILES string of the molecule is COc1ccccc1-c1nc2n(n1)[C@@H](c1cccnc1)C(C(N)=O)=C(C)N2. The summed E-state index contributed by atoms with van der Waals surface area (Å²) in [4.78, 5) is 20.9. The van der Waals surface area contributed by atoms with Crippen molar-refractivity contribution in [1.29, 1.82) is 0 Å². The lowest BCUT2D eigenvalue weighted by molar-refractivity contribution is -0.115. The molecule has 0 radical (unpaired) electrons. The fraction of sp³-hybridized carbons (Fsp3) is 0.158. The normalized spacial score (nSPS) is 15.9. The molecule has 8 nitrogen and oxygen atoms in total. The van der Waals surface area contributed by atoms with E-state index in [1.54, 1.807) is 31.1 Å². The Morgan fingerprint density at radius 1 is 1.26 bits per heavy atom. The molecule has 0 fully saturated rings. The molecular weight excluding hydrogens is 344 g/mol. The molecule has 0 unspecified atom stereocenters. The monoisotopic (exact) mass is 362 g/mol. The minimum atomic E-state index is -0.520. The van der Waals surface area contributed by atoms with Gasteiger partial charge in [0.2, 0.25) is 11.9 Å². The minimum Gasteiger partial charge on any atom is -0.496 e. The molecule has 8 heteroatoms. The van der Waals surface area contributed by atoms with Crippen molar-refractivity contribution in [2.45, 2.75) is 13.0 Å². The Labute approximate surface area is 155 Å². The molecule has 1 aromatic carbocycles. The molecule has 136 valence electrons. The number of nitrogens with two attached hydrogens (primary N) is 1. The van der Waals surface area contributed by atoms with Gasteiger partial charge in [-0.3, -0.25) is 9.78 Å². The van der Waals surface area contributed by atoms with E-state index in [-0.39, 0.29) is 0 Å². The number of primary amides is 1. The van der Waals surface area contributed by atoms with Gasteiger partial charge in [0, 0.05) is 18.1 Å². The Kier molecular flexibility index (Phi) is 4.08. The van der Waals surface area contributed by atoms with Crippen LogP contribution in [0.3, 0.4) is 0 Å². The lowest BCUT2D eigenvalue weighted by atomic mass is 9.97. The standard InChI is InChI=1S/C19H18N6O2/c1-11-15(17(20)26)16(12-6-5-9-21-10-12)25-19(22-11)23-18(24-25)13-7-3-4-8-14(13)27-2/h3-10,16H,1-2H3,(H2,20,26)(H,22,23,24)/t16-/m0/s1. The number of methoxy groups -OCH3 is 1. The summed E-state index contributed by atoms with van der Waals surface area (Å²) in [7, 11) is 1.60. The predicted octanol–water partition coefficient (Wildman–Crippen LogP) is 2.12. The number of benzene rings is 1. The van der Waals surface area contributed by atoms with Crippen LogP contribution < -0.4 is 15.8 Å². The van der Waals surface area contributed by atoms with Gasteiger partial charge in [0.1, 0.15) is 11.8 Å². The first-order valence-electron chi connectivity index (χ1n) is 8.37. The summed E-state index contributed by atoms with van der Waals surface area (Å²) in [6.45, 7) is 1.80. The van der Waals surface area contributed by atoms with Crippen molar-refractivity contribution in [2.75, 3.05) is 12.4 Å². The first kappa shape index (κ1) is 16.8. The zero-order valence-electron chi connectivity index (χ0n) is 14.9. The van der Waals surface area contributed by atoms with Gasteiger partial charge in [-0.25, -0.2) is 4.68 Å². The summed E-state index contributed by atoms with van der Waals surface area (Å²) < 4.78 is 7.08. The second-order valence-corrected chi connectivity index (χ2v) is 6.12. The van der Waals surface area contributed by atoms with Gasteiger partial charge in [-0.1, -0.05) is 18.2 Å². The fourth-order valence-corrected chi connectivity index (χ4v) is 3.26. The van der Waals surface area contributed by atoms with Gasteiger partial charge < -0.3 is 15.8 Å². The summed E-state index contributed by atoms with van der Waals surface area (Å²) >= 11 is 0. The van der Waals surface area contributed by atoms with Gasteiger partial charge in [-0.05, 0) is 30.7 Å². The molecule has 1 amide bonds. The second kappa shape index (κ2) is 6.56. The molecule has 0 saturated heterocycles. The van der Waals surface area contributed by atoms with E-state index in [4.69, 9.17) is 10.5 Å². The molecule has 2 aromatic heterocycles. The van der Waals surface area contributed by atoms with Crippen molar-refractivity contribution in [3.05, 3.63) is 65.6 Å². The number of para-hydroxylation sites is 1. The average Bonchev–Trinajstić information content (AvgIpc) is 3.10. The summed E-state index contributed by atoms with van der Waals surface area (Å²) in [6, 6.07) is 10.7. The number of pyridine rings is 1. The number of carbonyl (C=O) groups is 1. The van der Waals surface area contributed by atoms with Crippen molar-refractivity contribution in [3.63, 3.8) is 0 Å². The maximum Gasteiger partial charge on any atom is 0.248 e. The Morgan fingerprint density at radius 3 is 2.78 bits per heavy atom. The number of fused-ring (bicyclic) bond motifs is 1. The van der Waals surface area contributed by atoms with E-state index in [1.165, 1.54) is 0 Å². The molecule has 0 saturated carbocycles. The molecule has 3 N–H and O–H groups in total. The quantitative estimate of drug-likeness (QED) is 0.736. The molecule has 1 aliphatic rings. The Bertz CT molecular complexity index is 1040. The van der Waals surface area contributed by atoms with E-state index in [9.17, 15) is 4.79 Å². The second-order valence-electron chi connectivity index (χ2n) is 6.12. The highest BCUT2D eigenvalue weighted by Crippen LogP contribution is 2.37. The summed E-state index contributed by atoms with van der Waals surface area (Å²) in [5, 5.41) is 7.77. The molecule has 1 aliphatic heterocycles. The number of aromatic nitrogens is 4. The lowest BCUT2D eigenvalue weighted by Crippen LogP contribution is -2.31. The third kappa shape index (κ3) is 2.80. The van der Waals surface area contributed by atoms with Crippen molar-refractivity contribution in [2.24, 2.45) is 5.73 Å². The van der Waals surface area contributed by atoms with Gasteiger partial charge in [0.25, 0.3) is 0 Å². The van der Waals surface area contributed by atoms with Crippen molar-refractivity contribution in [3.8, 4) is 17.1 Å². The highest BCUT2D eigenvalue weighted by atomic mass is 16.5. The molecule has 27 heavy (non-hydrogen) atoms. The van der Waals surface area contributed by atoms with Crippen LogP contribution in [0.1, 0.15) is 18.5 Å². The Hall–Kier alpha value is -3.68. The molecule has 4 rings (SSSR count). The Morgan fingerprint density at radius 2 is 2.07 bits per heavy atom. The number of rotatable bonds is 4. The summed E-state index contributed by atoms with van der Waals surface area (Å²) in [5.41, 5.74) is 8.28. The zero-order valence-corrected chi connectivity index (χ0v) is 14.9. The number of nitrogens with zero attached hydrogens (tertiary/aromatic N) is 4. The molecule has 0 spiro atoms. The number of ether oxygens (including phenoxy) is 1. The van der Waals surface area contributed by atoms with Crippen molar-refractivity contribution in [1.82, 2.24) is 19.7 Å². The number of carbonyl (C=O) groups excluding carboxylic acids is 1. The van der Waals surface area contributed by atoms with E-state index < -0.39 is 11.9 Å².